The highest BCUT2D eigenvalue weighted by atomic mass is 32.1. The summed E-state index contributed by atoms with van der Waals surface area (Å²) in [6, 6.07) is 4.30. The van der Waals surface area contributed by atoms with E-state index in [1.165, 1.54) is 24.3 Å². The Morgan fingerprint density at radius 1 is 1.47 bits per heavy atom. The molecule has 1 aromatic heterocycles. The maximum atomic E-state index is 5.37. The van der Waals surface area contributed by atoms with Crippen LogP contribution in [0.2, 0.25) is 0 Å². The number of hydrogen-bond acceptors (Lipinski definition) is 3. The van der Waals surface area contributed by atoms with Crippen LogP contribution in [0.5, 0.6) is 0 Å². The maximum absolute atomic E-state index is 5.37. The lowest BCUT2D eigenvalue weighted by molar-refractivity contribution is 0.168. The second kappa shape index (κ2) is 5.22. The maximum Gasteiger partial charge on any atom is 0.0772 e. The van der Waals surface area contributed by atoms with Crippen molar-refractivity contribution in [3.63, 3.8) is 0 Å². The van der Waals surface area contributed by atoms with Crippen LogP contribution in [0.3, 0.4) is 0 Å². The zero-order valence-corrected chi connectivity index (χ0v) is 11.4. The summed E-state index contributed by atoms with van der Waals surface area (Å²) in [6.07, 6.45) is 2.62. The highest BCUT2D eigenvalue weighted by Crippen LogP contribution is 2.31. The minimum absolute atomic E-state index is 0.354. The molecule has 0 bridgehead atoms. The Labute approximate surface area is 108 Å². The largest absolute Gasteiger partial charge is 0.320 e. The Morgan fingerprint density at radius 2 is 2.29 bits per heavy atom. The Balaban J connectivity index is 2.02. The van der Waals surface area contributed by atoms with Crippen molar-refractivity contribution in [2.75, 3.05) is 13.1 Å². The topological polar surface area (TPSA) is 29.3 Å². The van der Waals surface area contributed by atoms with Gasteiger partial charge in [0.25, 0.3) is 0 Å². The number of nitrogens with zero attached hydrogens (tertiary/aromatic N) is 1. The van der Waals surface area contributed by atoms with Gasteiger partial charge in [0, 0.05) is 17.0 Å². The highest BCUT2D eigenvalue weighted by Gasteiger charge is 2.31. The summed E-state index contributed by atoms with van der Waals surface area (Å²) in [5.41, 5.74) is 5.73. The van der Waals surface area contributed by atoms with E-state index in [0.717, 1.165) is 11.4 Å². The standard InChI is InChI=1S/C14H20N2S/c1-14(2)8-4-10-16(14)11-13-7-6-12(17-13)5-3-9-15/h6-7H,4,8-11,15H2,1-2H3. The number of hydrogen-bond donors (Lipinski definition) is 1. The number of nitrogens with two attached hydrogens (primary N) is 1. The lowest BCUT2D eigenvalue weighted by atomic mass is 10.0. The molecular weight excluding hydrogens is 228 g/mol. The van der Waals surface area contributed by atoms with Gasteiger partial charge in [0.2, 0.25) is 0 Å². The lowest BCUT2D eigenvalue weighted by Gasteiger charge is -2.31. The molecule has 0 spiro atoms. The Morgan fingerprint density at radius 3 is 2.94 bits per heavy atom. The molecule has 2 heterocycles. The molecule has 2 N–H and O–H groups in total. The molecule has 0 unspecified atom stereocenters. The monoisotopic (exact) mass is 248 g/mol. The van der Waals surface area contributed by atoms with Gasteiger partial charge in [0.1, 0.15) is 0 Å². The molecule has 0 atom stereocenters. The smallest absolute Gasteiger partial charge is 0.0772 e. The predicted octanol–water partition coefficient (Wildman–Crippen LogP) is 2.43. The van der Waals surface area contributed by atoms with Crippen molar-refractivity contribution in [3.8, 4) is 11.8 Å². The fraction of sp³-hybridized carbons (Fsp3) is 0.571. The summed E-state index contributed by atoms with van der Waals surface area (Å²) in [7, 11) is 0. The number of likely N-dealkylation sites (tertiary alicyclic amines) is 1. The van der Waals surface area contributed by atoms with Crippen LogP contribution < -0.4 is 5.73 Å². The highest BCUT2D eigenvalue weighted by molar-refractivity contribution is 7.12. The second-order valence-corrected chi connectivity index (χ2v) is 6.28. The SMILES string of the molecule is CC1(C)CCCN1Cc1ccc(C#CCN)s1. The van der Waals surface area contributed by atoms with E-state index in [9.17, 15) is 0 Å². The summed E-state index contributed by atoms with van der Waals surface area (Å²) in [6.45, 7) is 7.38. The fourth-order valence-electron chi connectivity index (χ4n) is 2.31. The van der Waals surface area contributed by atoms with E-state index in [2.05, 4.69) is 42.7 Å². The first-order chi connectivity index (χ1) is 8.12. The molecule has 0 aliphatic carbocycles. The summed E-state index contributed by atoms with van der Waals surface area (Å²) < 4.78 is 0. The van der Waals surface area contributed by atoms with Gasteiger partial charge in [0.05, 0.1) is 11.4 Å². The third kappa shape index (κ3) is 3.10. The molecule has 1 aliphatic rings. The van der Waals surface area contributed by atoms with Gasteiger partial charge in [-0.25, -0.2) is 0 Å². The van der Waals surface area contributed by atoms with E-state index < -0.39 is 0 Å². The molecule has 17 heavy (non-hydrogen) atoms. The average Bonchev–Trinajstić information content (AvgIpc) is 2.84. The molecule has 2 nitrogen and oxygen atoms in total. The minimum Gasteiger partial charge on any atom is -0.320 e. The van der Waals surface area contributed by atoms with E-state index >= 15 is 0 Å². The van der Waals surface area contributed by atoms with E-state index in [4.69, 9.17) is 5.73 Å². The van der Waals surface area contributed by atoms with Crippen molar-refractivity contribution in [1.82, 2.24) is 4.90 Å². The zero-order valence-electron chi connectivity index (χ0n) is 10.6. The summed E-state index contributed by atoms with van der Waals surface area (Å²) >= 11 is 1.79. The van der Waals surface area contributed by atoms with Gasteiger partial charge < -0.3 is 5.73 Å². The molecule has 1 fully saturated rings. The molecule has 1 aliphatic heterocycles. The quantitative estimate of drug-likeness (QED) is 0.815. The van der Waals surface area contributed by atoms with Gasteiger partial charge in [-0.05, 0) is 45.4 Å². The van der Waals surface area contributed by atoms with E-state index in [-0.39, 0.29) is 0 Å². The third-order valence-electron chi connectivity index (χ3n) is 3.39. The van der Waals surface area contributed by atoms with E-state index in [1.54, 1.807) is 11.3 Å². The molecule has 0 radical (unpaired) electrons. The molecule has 0 saturated carbocycles. The fourth-order valence-corrected chi connectivity index (χ4v) is 3.21. The van der Waals surface area contributed by atoms with Crippen LogP contribution in [0.25, 0.3) is 0 Å². The van der Waals surface area contributed by atoms with Crippen LogP contribution >= 0.6 is 11.3 Å². The van der Waals surface area contributed by atoms with Gasteiger partial charge >= 0.3 is 0 Å². The first-order valence-electron chi connectivity index (χ1n) is 6.14. The summed E-state index contributed by atoms with van der Waals surface area (Å²) in [5, 5.41) is 0. The first kappa shape index (κ1) is 12.6. The van der Waals surface area contributed by atoms with Crippen molar-refractivity contribution in [3.05, 3.63) is 21.9 Å². The van der Waals surface area contributed by atoms with Crippen molar-refractivity contribution < 1.29 is 0 Å². The number of thiophene rings is 1. The van der Waals surface area contributed by atoms with Gasteiger partial charge in [-0.15, -0.1) is 11.3 Å². The van der Waals surface area contributed by atoms with Gasteiger partial charge in [-0.1, -0.05) is 11.8 Å². The molecule has 2 rings (SSSR count). The van der Waals surface area contributed by atoms with Crippen molar-refractivity contribution in [2.24, 2.45) is 5.73 Å². The summed E-state index contributed by atoms with van der Waals surface area (Å²) in [4.78, 5) is 5.10. The molecular formula is C14H20N2S. The Bertz CT molecular complexity index is 437. The Hall–Kier alpha value is -0.820. The van der Waals surface area contributed by atoms with Crippen LogP contribution in [-0.2, 0) is 6.54 Å². The molecule has 0 aromatic carbocycles. The van der Waals surface area contributed by atoms with Crippen LogP contribution in [0.1, 0.15) is 36.4 Å². The van der Waals surface area contributed by atoms with Gasteiger partial charge in [-0.3, -0.25) is 4.90 Å². The van der Waals surface area contributed by atoms with Crippen LogP contribution in [0.4, 0.5) is 0 Å². The average molecular weight is 248 g/mol. The van der Waals surface area contributed by atoms with Crippen molar-refractivity contribution in [2.45, 2.75) is 38.8 Å². The van der Waals surface area contributed by atoms with E-state index in [1.807, 2.05) is 0 Å². The normalized spacial score (nSPS) is 19.0. The second-order valence-electron chi connectivity index (χ2n) is 5.11. The molecule has 1 saturated heterocycles. The molecule has 3 heteroatoms. The summed E-state index contributed by atoms with van der Waals surface area (Å²) in [5.74, 6) is 6.00. The molecule has 1 aromatic rings. The third-order valence-corrected chi connectivity index (χ3v) is 4.38. The van der Waals surface area contributed by atoms with Crippen molar-refractivity contribution >= 4 is 11.3 Å². The minimum atomic E-state index is 0.354. The zero-order chi connectivity index (χ0) is 12.3. The van der Waals surface area contributed by atoms with Crippen LogP contribution in [-0.4, -0.2) is 23.5 Å². The first-order valence-corrected chi connectivity index (χ1v) is 6.96. The van der Waals surface area contributed by atoms with E-state index in [0.29, 0.717) is 12.1 Å². The van der Waals surface area contributed by atoms with Gasteiger partial charge in [0.15, 0.2) is 0 Å². The predicted molar refractivity (Wildman–Crippen MR) is 74.0 cm³/mol. The molecule has 92 valence electrons. The van der Waals surface area contributed by atoms with Crippen LogP contribution in [0.15, 0.2) is 12.1 Å². The lowest BCUT2D eigenvalue weighted by Crippen LogP contribution is -2.37. The van der Waals surface area contributed by atoms with Gasteiger partial charge in [-0.2, -0.15) is 0 Å². The molecule has 0 amide bonds. The number of rotatable bonds is 2. The Kier molecular flexibility index (Phi) is 3.88. The van der Waals surface area contributed by atoms with Crippen molar-refractivity contribution in [1.29, 1.82) is 0 Å². The van der Waals surface area contributed by atoms with Crippen LogP contribution in [0, 0.1) is 11.8 Å².